The second-order valence-corrected chi connectivity index (χ2v) is 6.57. The minimum absolute atomic E-state index is 0.804. The van der Waals surface area contributed by atoms with Crippen LogP contribution in [0.15, 0.2) is 57.7 Å². The second kappa shape index (κ2) is 6.12. The lowest BCUT2D eigenvalue weighted by Crippen LogP contribution is -2.17. The molecule has 2 heterocycles. The molecule has 0 aliphatic rings. The van der Waals surface area contributed by atoms with Crippen molar-refractivity contribution in [3.05, 3.63) is 63.3 Å². The Labute approximate surface area is 140 Å². The zero-order chi connectivity index (χ0) is 14.8. The van der Waals surface area contributed by atoms with E-state index >= 15 is 0 Å². The second-order valence-electron chi connectivity index (χ2n) is 4.80. The van der Waals surface area contributed by atoms with Crippen LogP contribution in [0.1, 0.15) is 5.56 Å². The van der Waals surface area contributed by atoms with Gasteiger partial charge in [0.05, 0.1) is 11.2 Å². The number of rotatable bonds is 3. The van der Waals surface area contributed by atoms with Gasteiger partial charge in [-0.3, -0.25) is 9.97 Å². The summed E-state index contributed by atoms with van der Waals surface area (Å²) in [7, 11) is 2.07. The van der Waals surface area contributed by atoms with Crippen LogP contribution >= 0.6 is 31.9 Å². The Kier molecular flexibility index (Phi) is 4.22. The summed E-state index contributed by atoms with van der Waals surface area (Å²) in [5.41, 5.74) is 4.11. The average molecular weight is 407 g/mol. The maximum absolute atomic E-state index is 4.50. The highest BCUT2D eigenvalue weighted by Crippen LogP contribution is 2.27. The minimum Gasteiger partial charge on any atom is -0.368 e. The molecule has 3 aromatic rings. The molecule has 0 aliphatic carbocycles. The van der Waals surface area contributed by atoms with E-state index in [1.165, 1.54) is 5.56 Å². The molecule has 3 nitrogen and oxygen atoms in total. The summed E-state index contributed by atoms with van der Waals surface area (Å²) in [5.74, 6) is 0. The van der Waals surface area contributed by atoms with E-state index in [0.717, 1.165) is 32.2 Å². The highest BCUT2D eigenvalue weighted by Gasteiger charge is 2.10. The number of hydrogen-bond acceptors (Lipinski definition) is 3. The lowest BCUT2D eigenvalue weighted by atomic mass is 10.2. The van der Waals surface area contributed by atoms with Crippen molar-refractivity contribution in [3.63, 3.8) is 0 Å². The fraction of sp³-hybridized carbons (Fsp3) is 0.125. The number of anilines is 1. The third-order valence-electron chi connectivity index (χ3n) is 3.30. The SMILES string of the molecule is CN(Cc1ccccc1Br)c1ccnc2cc(Br)cnc12. The predicted octanol–water partition coefficient (Wildman–Crippen LogP) is 4.79. The van der Waals surface area contributed by atoms with E-state index in [4.69, 9.17) is 0 Å². The monoisotopic (exact) mass is 405 g/mol. The zero-order valence-corrected chi connectivity index (χ0v) is 14.6. The van der Waals surface area contributed by atoms with Gasteiger partial charge in [0.2, 0.25) is 0 Å². The quantitative estimate of drug-likeness (QED) is 0.626. The van der Waals surface area contributed by atoms with E-state index in [2.05, 4.69) is 65.9 Å². The number of nitrogens with zero attached hydrogens (tertiary/aromatic N) is 3. The Morgan fingerprint density at radius 2 is 1.90 bits per heavy atom. The van der Waals surface area contributed by atoms with E-state index in [1.807, 2.05) is 30.5 Å². The van der Waals surface area contributed by atoms with Gasteiger partial charge >= 0.3 is 0 Å². The van der Waals surface area contributed by atoms with E-state index < -0.39 is 0 Å². The summed E-state index contributed by atoms with van der Waals surface area (Å²) < 4.78 is 2.05. The van der Waals surface area contributed by atoms with Gasteiger partial charge < -0.3 is 4.90 Å². The standard InChI is InChI=1S/C16H13Br2N3/c1-21(10-11-4-2-3-5-13(11)18)15-6-7-19-14-8-12(17)9-20-16(14)15/h2-9H,10H2,1H3. The number of aromatic nitrogens is 2. The molecule has 0 atom stereocenters. The van der Waals surface area contributed by atoms with Crippen molar-refractivity contribution in [1.82, 2.24) is 9.97 Å². The van der Waals surface area contributed by atoms with Crippen LogP contribution in [0.4, 0.5) is 5.69 Å². The molecular formula is C16H13Br2N3. The van der Waals surface area contributed by atoms with Gasteiger partial charge in [-0.15, -0.1) is 0 Å². The summed E-state index contributed by atoms with van der Waals surface area (Å²) in [6.45, 7) is 0.804. The van der Waals surface area contributed by atoms with Crippen LogP contribution in [-0.2, 0) is 6.54 Å². The summed E-state index contributed by atoms with van der Waals surface area (Å²) >= 11 is 7.03. The van der Waals surface area contributed by atoms with Crippen LogP contribution < -0.4 is 4.90 Å². The smallest absolute Gasteiger partial charge is 0.112 e. The van der Waals surface area contributed by atoms with E-state index in [1.54, 1.807) is 6.20 Å². The van der Waals surface area contributed by atoms with Crippen molar-refractivity contribution in [3.8, 4) is 0 Å². The molecule has 0 fully saturated rings. The molecule has 0 N–H and O–H groups in total. The van der Waals surface area contributed by atoms with Crippen molar-refractivity contribution in [2.24, 2.45) is 0 Å². The predicted molar refractivity (Wildman–Crippen MR) is 93.5 cm³/mol. The summed E-state index contributed by atoms with van der Waals surface area (Å²) in [6, 6.07) is 12.2. The minimum atomic E-state index is 0.804. The molecule has 3 rings (SSSR count). The van der Waals surface area contributed by atoms with E-state index in [-0.39, 0.29) is 0 Å². The van der Waals surface area contributed by atoms with Gasteiger partial charge in [-0.1, -0.05) is 34.1 Å². The van der Waals surface area contributed by atoms with E-state index in [0.29, 0.717) is 0 Å². The van der Waals surface area contributed by atoms with Gasteiger partial charge in [0.15, 0.2) is 0 Å². The highest BCUT2D eigenvalue weighted by atomic mass is 79.9. The van der Waals surface area contributed by atoms with Crippen LogP contribution in [0.25, 0.3) is 11.0 Å². The molecular weight excluding hydrogens is 394 g/mol. The molecule has 106 valence electrons. The van der Waals surface area contributed by atoms with Crippen LogP contribution in [0.3, 0.4) is 0 Å². The first-order valence-electron chi connectivity index (χ1n) is 6.50. The summed E-state index contributed by atoms with van der Waals surface area (Å²) in [5, 5.41) is 0. The van der Waals surface area contributed by atoms with Crippen molar-refractivity contribution in [1.29, 1.82) is 0 Å². The number of halogens is 2. The van der Waals surface area contributed by atoms with Gasteiger partial charge in [-0.25, -0.2) is 0 Å². The lowest BCUT2D eigenvalue weighted by molar-refractivity contribution is 0.920. The first-order valence-corrected chi connectivity index (χ1v) is 8.08. The molecule has 0 saturated carbocycles. The zero-order valence-electron chi connectivity index (χ0n) is 11.4. The fourth-order valence-corrected chi connectivity index (χ4v) is 3.00. The van der Waals surface area contributed by atoms with Crippen LogP contribution in [0, 0.1) is 0 Å². The van der Waals surface area contributed by atoms with Crippen LogP contribution in [0.2, 0.25) is 0 Å². The largest absolute Gasteiger partial charge is 0.368 e. The normalized spacial score (nSPS) is 10.8. The molecule has 0 radical (unpaired) electrons. The lowest BCUT2D eigenvalue weighted by Gasteiger charge is -2.21. The molecule has 1 aromatic carbocycles. The third-order valence-corrected chi connectivity index (χ3v) is 4.51. The van der Waals surface area contributed by atoms with Gasteiger partial charge in [-0.05, 0) is 39.7 Å². The Morgan fingerprint density at radius 3 is 2.71 bits per heavy atom. The van der Waals surface area contributed by atoms with E-state index in [9.17, 15) is 0 Å². The topological polar surface area (TPSA) is 29.0 Å². The Morgan fingerprint density at radius 1 is 1.10 bits per heavy atom. The van der Waals surface area contributed by atoms with Crippen molar-refractivity contribution in [2.45, 2.75) is 6.54 Å². The average Bonchev–Trinajstić information content (AvgIpc) is 2.48. The Bertz CT molecular complexity index is 789. The van der Waals surface area contributed by atoms with Gasteiger partial charge in [-0.2, -0.15) is 0 Å². The van der Waals surface area contributed by atoms with Gasteiger partial charge in [0.1, 0.15) is 5.52 Å². The molecule has 0 spiro atoms. The molecule has 0 unspecified atom stereocenters. The third kappa shape index (κ3) is 3.09. The first kappa shape index (κ1) is 14.5. The molecule has 21 heavy (non-hydrogen) atoms. The fourth-order valence-electron chi connectivity index (χ4n) is 2.27. The number of hydrogen-bond donors (Lipinski definition) is 0. The molecule has 0 saturated heterocycles. The molecule has 5 heteroatoms. The molecule has 0 bridgehead atoms. The van der Waals surface area contributed by atoms with Gasteiger partial charge in [0.25, 0.3) is 0 Å². The number of pyridine rings is 2. The Balaban J connectivity index is 1.98. The number of fused-ring (bicyclic) bond motifs is 1. The summed E-state index contributed by atoms with van der Waals surface area (Å²) in [4.78, 5) is 11.1. The maximum atomic E-state index is 4.50. The first-order chi connectivity index (χ1) is 10.1. The van der Waals surface area contributed by atoms with Crippen LogP contribution in [0.5, 0.6) is 0 Å². The van der Waals surface area contributed by atoms with Crippen molar-refractivity contribution < 1.29 is 0 Å². The highest BCUT2D eigenvalue weighted by molar-refractivity contribution is 9.10. The maximum Gasteiger partial charge on any atom is 0.112 e. The van der Waals surface area contributed by atoms with Crippen molar-refractivity contribution >= 4 is 48.6 Å². The van der Waals surface area contributed by atoms with Crippen molar-refractivity contribution in [2.75, 3.05) is 11.9 Å². The number of benzene rings is 1. The molecule has 0 amide bonds. The molecule has 2 aromatic heterocycles. The summed E-state index contributed by atoms with van der Waals surface area (Å²) in [6.07, 6.45) is 3.63. The van der Waals surface area contributed by atoms with Gasteiger partial charge in [0, 0.05) is 34.9 Å². The van der Waals surface area contributed by atoms with Crippen LogP contribution in [-0.4, -0.2) is 17.0 Å². The molecule has 0 aliphatic heterocycles. The Hall–Kier alpha value is -1.46.